The van der Waals surface area contributed by atoms with Crippen molar-refractivity contribution in [1.29, 1.82) is 0 Å². The Morgan fingerprint density at radius 3 is 2.38 bits per heavy atom. The summed E-state index contributed by atoms with van der Waals surface area (Å²) in [5.74, 6) is 1.95. The Hall–Kier alpha value is -1.75. The van der Waals surface area contributed by atoms with E-state index in [0.717, 1.165) is 28.6 Å². The van der Waals surface area contributed by atoms with Crippen LogP contribution >= 0.6 is 24.0 Å². The molecule has 24 heavy (non-hydrogen) atoms. The molecule has 0 spiro atoms. The van der Waals surface area contributed by atoms with Crippen LogP contribution in [0, 0.1) is 0 Å². The van der Waals surface area contributed by atoms with Crippen molar-refractivity contribution in [3.63, 3.8) is 0 Å². The van der Waals surface area contributed by atoms with Gasteiger partial charge in [0.15, 0.2) is 0 Å². The Morgan fingerprint density at radius 1 is 1.12 bits per heavy atom. The van der Waals surface area contributed by atoms with E-state index >= 15 is 0 Å². The van der Waals surface area contributed by atoms with Gasteiger partial charge >= 0.3 is 0 Å². The number of halogens is 2. The zero-order valence-electron chi connectivity index (χ0n) is 13.9. The van der Waals surface area contributed by atoms with E-state index in [9.17, 15) is 0 Å². The summed E-state index contributed by atoms with van der Waals surface area (Å²) in [4.78, 5) is 7.01. The van der Waals surface area contributed by atoms with Gasteiger partial charge in [-0.05, 0) is 41.0 Å². The molecule has 0 fully saturated rings. The normalized spacial score (nSPS) is 15.3. The summed E-state index contributed by atoms with van der Waals surface area (Å²) in [5.41, 5.74) is 3.64. The van der Waals surface area contributed by atoms with Gasteiger partial charge in [0.25, 0.3) is 0 Å². The summed E-state index contributed by atoms with van der Waals surface area (Å²) in [6.45, 7) is 0. The fraction of sp³-hybridized carbons (Fsp3) is 0.278. The Bertz CT molecular complexity index is 715. The third-order valence-corrected chi connectivity index (χ3v) is 4.23. The number of rotatable bonds is 2. The molecule has 130 valence electrons. The molecular formula is C18H22Cl2N2O2. The molecule has 0 saturated carbocycles. The average molecular weight is 369 g/mol. The number of amidine groups is 1. The molecule has 2 aromatic rings. The maximum atomic E-state index is 6.01. The van der Waals surface area contributed by atoms with Crippen LogP contribution in [0.25, 0.3) is 0 Å². The van der Waals surface area contributed by atoms with Gasteiger partial charge in [0.2, 0.25) is 0 Å². The number of fused-ring (bicyclic) bond motifs is 1. The molecule has 1 atom stereocenters. The Morgan fingerprint density at radius 2 is 1.79 bits per heavy atom. The Balaban J connectivity index is 0.00000144. The highest BCUT2D eigenvalue weighted by molar-refractivity contribution is 6.30. The van der Waals surface area contributed by atoms with Crippen LogP contribution in [0.4, 0.5) is 0 Å². The highest BCUT2D eigenvalue weighted by Gasteiger charge is 2.24. The number of nitrogens with zero attached hydrogens (tertiary/aromatic N) is 2. The van der Waals surface area contributed by atoms with Crippen LogP contribution in [0.15, 0.2) is 47.5 Å². The zero-order chi connectivity index (χ0) is 15.7. The van der Waals surface area contributed by atoms with Crippen molar-refractivity contribution in [2.75, 3.05) is 21.2 Å². The summed E-state index contributed by atoms with van der Waals surface area (Å²) in [6.07, 6.45) is 0.823. The van der Waals surface area contributed by atoms with Gasteiger partial charge in [-0.2, -0.15) is 0 Å². The standard InChI is InChI=1S/C18H19ClN2O.ClH.H2O/c1-21(2)17-11-13-10-15(22-3)8-9-16(13)18(20-17)12-4-6-14(19)7-5-12;;/h4-10,18H,11H2,1-3H3;1H;1H2. The van der Waals surface area contributed by atoms with Gasteiger partial charge in [-0.15, -0.1) is 12.4 Å². The molecule has 0 aromatic heterocycles. The van der Waals surface area contributed by atoms with E-state index in [-0.39, 0.29) is 23.9 Å². The molecule has 2 N–H and O–H groups in total. The van der Waals surface area contributed by atoms with Gasteiger partial charge < -0.3 is 15.1 Å². The highest BCUT2D eigenvalue weighted by Crippen LogP contribution is 2.35. The van der Waals surface area contributed by atoms with Gasteiger partial charge in [-0.3, -0.25) is 4.99 Å². The van der Waals surface area contributed by atoms with E-state index in [2.05, 4.69) is 17.0 Å². The first-order valence-corrected chi connectivity index (χ1v) is 7.62. The van der Waals surface area contributed by atoms with E-state index < -0.39 is 0 Å². The minimum absolute atomic E-state index is 0. The number of benzene rings is 2. The molecule has 0 bridgehead atoms. The van der Waals surface area contributed by atoms with Crippen LogP contribution in [0.3, 0.4) is 0 Å². The topological polar surface area (TPSA) is 56.3 Å². The molecule has 1 unspecified atom stereocenters. The van der Waals surface area contributed by atoms with Crippen molar-refractivity contribution in [3.05, 3.63) is 64.2 Å². The lowest BCUT2D eigenvalue weighted by Gasteiger charge is -2.28. The van der Waals surface area contributed by atoms with Crippen molar-refractivity contribution < 1.29 is 10.2 Å². The lowest BCUT2D eigenvalue weighted by atomic mass is 9.90. The summed E-state index contributed by atoms with van der Waals surface area (Å²) >= 11 is 6.01. The number of methoxy groups -OCH3 is 1. The van der Waals surface area contributed by atoms with Crippen LogP contribution in [0.5, 0.6) is 5.75 Å². The van der Waals surface area contributed by atoms with E-state index in [0.29, 0.717) is 0 Å². The molecule has 1 heterocycles. The third kappa shape index (κ3) is 4.01. The van der Waals surface area contributed by atoms with Crippen LogP contribution in [-0.4, -0.2) is 37.4 Å². The monoisotopic (exact) mass is 368 g/mol. The fourth-order valence-electron chi connectivity index (χ4n) is 2.74. The SMILES string of the molecule is COc1ccc2c(c1)CC(N(C)C)=NC2c1ccc(Cl)cc1.Cl.O. The highest BCUT2D eigenvalue weighted by atomic mass is 35.5. The number of aliphatic imine (C=N–C) groups is 1. The second kappa shape index (κ2) is 8.38. The zero-order valence-corrected chi connectivity index (χ0v) is 15.5. The van der Waals surface area contributed by atoms with E-state index in [1.807, 2.05) is 44.4 Å². The molecule has 1 aliphatic rings. The first-order chi connectivity index (χ1) is 10.6. The van der Waals surface area contributed by atoms with Crippen LogP contribution in [0.1, 0.15) is 22.7 Å². The van der Waals surface area contributed by atoms with Crippen molar-refractivity contribution >= 4 is 29.8 Å². The second-order valence-electron chi connectivity index (χ2n) is 5.64. The maximum Gasteiger partial charge on any atom is 0.119 e. The predicted molar refractivity (Wildman–Crippen MR) is 102 cm³/mol. The van der Waals surface area contributed by atoms with Crippen LogP contribution in [-0.2, 0) is 6.42 Å². The molecule has 0 radical (unpaired) electrons. The first-order valence-electron chi connectivity index (χ1n) is 7.25. The Labute approximate surface area is 153 Å². The summed E-state index contributed by atoms with van der Waals surface area (Å²) in [6, 6.07) is 14.1. The predicted octanol–water partition coefficient (Wildman–Crippen LogP) is 3.55. The largest absolute Gasteiger partial charge is 0.497 e. The van der Waals surface area contributed by atoms with Crippen LogP contribution in [0.2, 0.25) is 5.02 Å². The molecule has 0 aliphatic carbocycles. The first kappa shape index (κ1) is 20.3. The van der Waals surface area contributed by atoms with E-state index in [1.165, 1.54) is 11.1 Å². The molecular weight excluding hydrogens is 347 g/mol. The van der Waals surface area contributed by atoms with Crippen molar-refractivity contribution in [3.8, 4) is 5.75 Å². The number of likely N-dealkylation sites (N-methyl/N-ethyl adjacent to an activating group) is 1. The quantitative estimate of drug-likeness (QED) is 0.813. The molecule has 4 nitrogen and oxygen atoms in total. The lowest BCUT2D eigenvalue weighted by molar-refractivity contribution is 0.414. The van der Waals surface area contributed by atoms with Gasteiger partial charge in [-0.1, -0.05) is 29.8 Å². The summed E-state index contributed by atoms with van der Waals surface area (Å²) in [7, 11) is 5.76. The Kier molecular flexibility index (Phi) is 7.08. The molecule has 2 aromatic carbocycles. The lowest BCUT2D eigenvalue weighted by Crippen LogP contribution is -2.28. The molecule has 0 amide bonds. The molecule has 3 rings (SSSR count). The number of ether oxygens (including phenoxy) is 1. The average Bonchev–Trinajstić information content (AvgIpc) is 2.54. The maximum absolute atomic E-state index is 6.01. The van der Waals surface area contributed by atoms with Crippen molar-refractivity contribution in [2.45, 2.75) is 12.5 Å². The van der Waals surface area contributed by atoms with Gasteiger partial charge in [0.05, 0.1) is 7.11 Å². The van der Waals surface area contributed by atoms with Gasteiger partial charge in [-0.25, -0.2) is 0 Å². The number of hydrogen-bond acceptors (Lipinski definition) is 3. The number of hydrogen-bond donors (Lipinski definition) is 0. The van der Waals surface area contributed by atoms with E-state index in [4.69, 9.17) is 21.3 Å². The molecule has 0 saturated heterocycles. The van der Waals surface area contributed by atoms with Gasteiger partial charge in [0, 0.05) is 25.5 Å². The second-order valence-corrected chi connectivity index (χ2v) is 6.07. The molecule has 6 heteroatoms. The molecule has 1 aliphatic heterocycles. The van der Waals surface area contributed by atoms with Gasteiger partial charge in [0.1, 0.15) is 17.6 Å². The third-order valence-electron chi connectivity index (χ3n) is 3.97. The minimum Gasteiger partial charge on any atom is -0.497 e. The van der Waals surface area contributed by atoms with E-state index in [1.54, 1.807) is 7.11 Å². The summed E-state index contributed by atoms with van der Waals surface area (Å²) in [5, 5.41) is 0.742. The minimum atomic E-state index is 0. The van der Waals surface area contributed by atoms with Crippen molar-refractivity contribution in [1.82, 2.24) is 4.90 Å². The smallest absolute Gasteiger partial charge is 0.119 e. The van der Waals surface area contributed by atoms with Crippen molar-refractivity contribution in [2.24, 2.45) is 4.99 Å². The van der Waals surface area contributed by atoms with Crippen LogP contribution < -0.4 is 4.74 Å². The fourth-order valence-corrected chi connectivity index (χ4v) is 2.86. The summed E-state index contributed by atoms with van der Waals surface area (Å²) < 4.78 is 5.36.